The summed E-state index contributed by atoms with van der Waals surface area (Å²) in [6, 6.07) is 4.01. The van der Waals surface area contributed by atoms with Gasteiger partial charge in [-0.25, -0.2) is 0 Å². The second-order valence-electron chi connectivity index (χ2n) is 5.47. The standard InChI is InChI=1S/C15H24N2O2/c1-12(2)8-16-9-13-5-6-14(10-17-13)19-15-4-3-7-18-11-15/h5-6,10,12,15-16H,3-4,7-9,11H2,1-2H3. The van der Waals surface area contributed by atoms with Crippen LogP contribution < -0.4 is 10.1 Å². The summed E-state index contributed by atoms with van der Waals surface area (Å²) in [7, 11) is 0. The summed E-state index contributed by atoms with van der Waals surface area (Å²) in [6.07, 6.45) is 4.13. The Bertz CT molecular complexity index is 359. The van der Waals surface area contributed by atoms with Gasteiger partial charge in [-0.15, -0.1) is 0 Å². The molecule has 0 amide bonds. The normalized spacial score (nSPS) is 19.6. The lowest BCUT2D eigenvalue weighted by Crippen LogP contribution is -2.28. The van der Waals surface area contributed by atoms with Crippen molar-refractivity contribution in [2.45, 2.75) is 39.3 Å². The van der Waals surface area contributed by atoms with E-state index in [9.17, 15) is 0 Å². The Labute approximate surface area is 115 Å². The molecular weight excluding hydrogens is 240 g/mol. The number of nitrogens with zero attached hydrogens (tertiary/aromatic N) is 1. The number of hydrogen-bond acceptors (Lipinski definition) is 4. The highest BCUT2D eigenvalue weighted by atomic mass is 16.5. The average Bonchev–Trinajstić information content (AvgIpc) is 2.42. The Kier molecular flexibility index (Phi) is 5.61. The number of nitrogens with one attached hydrogen (secondary N) is 1. The van der Waals surface area contributed by atoms with Crippen molar-refractivity contribution in [1.29, 1.82) is 0 Å². The molecule has 0 spiro atoms. The van der Waals surface area contributed by atoms with Gasteiger partial charge in [0.05, 0.1) is 18.5 Å². The van der Waals surface area contributed by atoms with Crippen molar-refractivity contribution >= 4 is 0 Å². The van der Waals surface area contributed by atoms with E-state index in [0.717, 1.165) is 44.0 Å². The molecule has 1 fully saturated rings. The largest absolute Gasteiger partial charge is 0.486 e. The highest BCUT2D eigenvalue weighted by Gasteiger charge is 2.15. The summed E-state index contributed by atoms with van der Waals surface area (Å²) in [5.41, 5.74) is 1.05. The van der Waals surface area contributed by atoms with Gasteiger partial charge in [0.1, 0.15) is 11.9 Å². The molecule has 1 saturated heterocycles. The summed E-state index contributed by atoms with van der Waals surface area (Å²) in [6.45, 7) is 7.77. The molecule has 2 heterocycles. The van der Waals surface area contributed by atoms with E-state index >= 15 is 0 Å². The van der Waals surface area contributed by atoms with Crippen LogP contribution in [0.5, 0.6) is 5.75 Å². The Morgan fingerprint density at radius 3 is 3.00 bits per heavy atom. The van der Waals surface area contributed by atoms with E-state index in [2.05, 4.69) is 24.1 Å². The minimum atomic E-state index is 0.181. The fraction of sp³-hybridized carbons (Fsp3) is 0.667. The van der Waals surface area contributed by atoms with Crippen molar-refractivity contribution in [3.8, 4) is 5.75 Å². The first-order valence-electron chi connectivity index (χ1n) is 7.14. The second kappa shape index (κ2) is 7.46. The van der Waals surface area contributed by atoms with E-state index in [0.29, 0.717) is 12.5 Å². The molecule has 4 heteroatoms. The molecule has 2 rings (SSSR count). The third-order valence-corrected chi connectivity index (χ3v) is 3.08. The first-order valence-corrected chi connectivity index (χ1v) is 7.14. The van der Waals surface area contributed by atoms with E-state index in [4.69, 9.17) is 9.47 Å². The number of aromatic nitrogens is 1. The highest BCUT2D eigenvalue weighted by molar-refractivity contribution is 5.20. The molecule has 1 N–H and O–H groups in total. The maximum absolute atomic E-state index is 5.85. The van der Waals surface area contributed by atoms with Crippen LogP contribution in [0.2, 0.25) is 0 Å². The van der Waals surface area contributed by atoms with Gasteiger partial charge in [0.15, 0.2) is 0 Å². The zero-order chi connectivity index (χ0) is 13.5. The van der Waals surface area contributed by atoms with Crippen LogP contribution in [-0.4, -0.2) is 30.8 Å². The minimum Gasteiger partial charge on any atom is -0.486 e. The highest BCUT2D eigenvalue weighted by Crippen LogP contribution is 2.16. The molecule has 0 aromatic carbocycles. The van der Waals surface area contributed by atoms with Crippen LogP contribution in [0.15, 0.2) is 18.3 Å². The Morgan fingerprint density at radius 2 is 2.37 bits per heavy atom. The second-order valence-corrected chi connectivity index (χ2v) is 5.47. The molecule has 1 aliphatic rings. The molecule has 0 bridgehead atoms. The fourth-order valence-electron chi connectivity index (χ4n) is 2.07. The van der Waals surface area contributed by atoms with Gasteiger partial charge in [-0.3, -0.25) is 4.98 Å². The average molecular weight is 264 g/mol. The lowest BCUT2D eigenvalue weighted by molar-refractivity contribution is 0.00727. The zero-order valence-electron chi connectivity index (χ0n) is 11.9. The van der Waals surface area contributed by atoms with E-state index in [1.54, 1.807) is 6.20 Å². The Hall–Kier alpha value is -1.13. The Morgan fingerprint density at radius 1 is 1.47 bits per heavy atom. The molecule has 19 heavy (non-hydrogen) atoms. The Balaban J connectivity index is 1.77. The molecule has 4 nitrogen and oxygen atoms in total. The van der Waals surface area contributed by atoms with Crippen LogP contribution in [0.1, 0.15) is 32.4 Å². The molecule has 0 saturated carbocycles. The monoisotopic (exact) mass is 264 g/mol. The van der Waals surface area contributed by atoms with Crippen LogP contribution in [0.3, 0.4) is 0 Å². The van der Waals surface area contributed by atoms with Gasteiger partial charge < -0.3 is 14.8 Å². The molecular formula is C15H24N2O2. The number of rotatable bonds is 6. The maximum atomic E-state index is 5.85. The predicted molar refractivity (Wildman–Crippen MR) is 75.3 cm³/mol. The summed E-state index contributed by atoms with van der Waals surface area (Å²) < 4.78 is 11.2. The van der Waals surface area contributed by atoms with Crippen molar-refractivity contribution < 1.29 is 9.47 Å². The van der Waals surface area contributed by atoms with E-state index < -0.39 is 0 Å². The fourth-order valence-corrected chi connectivity index (χ4v) is 2.07. The van der Waals surface area contributed by atoms with Crippen LogP contribution in [0, 0.1) is 5.92 Å². The van der Waals surface area contributed by atoms with Crippen molar-refractivity contribution in [2.75, 3.05) is 19.8 Å². The first-order chi connectivity index (χ1) is 9.24. The predicted octanol–water partition coefficient (Wildman–Crippen LogP) is 2.39. The zero-order valence-corrected chi connectivity index (χ0v) is 11.9. The van der Waals surface area contributed by atoms with Crippen molar-refractivity contribution in [3.63, 3.8) is 0 Å². The molecule has 1 unspecified atom stereocenters. The van der Waals surface area contributed by atoms with E-state index in [-0.39, 0.29) is 6.10 Å². The summed E-state index contributed by atoms with van der Waals surface area (Å²) in [5.74, 6) is 1.50. The smallest absolute Gasteiger partial charge is 0.138 e. The maximum Gasteiger partial charge on any atom is 0.138 e. The first kappa shape index (κ1) is 14.3. The lowest BCUT2D eigenvalue weighted by atomic mass is 10.2. The van der Waals surface area contributed by atoms with Crippen molar-refractivity contribution in [2.24, 2.45) is 5.92 Å². The third kappa shape index (κ3) is 5.17. The van der Waals surface area contributed by atoms with Gasteiger partial charge in [0.25, 0.3) is 0 Å². The van der Waals surface area contributed by atoms with Gasteiger partial charge in [-0.05, 0) is 37.4 Å². The van der Waals surface area contributed by atoms with Gasteiger partial charge in [-0.2, -0.15) is 0 Å². The topological polar surface area (TPSA) is 43.4 Å². The number of hydrogen-bond donors (Lipinski definition) is 1. The van der Waals surface area contributed by atoms with Crippen LogP contribution in [-0.2, 0) is 11.3 Å². The van der Waals surface area contributed by atoms with Gasteiger partial charge in [-0.1, -0.05) is 13.8 Å². The molecule has 1 aromatic heterocycles. The van der Waals surface area contributed by atoms with Gasteiger partial charge >= 0.3 is 0 Å². The molecule has 0 radical (unpaired) electrons. The SMILES string of the molecule is CC(C)CNCc1ccc(OC2CCCOC2)cn1. The van der Waals surface area contributed by atoms with Crippen molar-refractivity contribution in [3.05, 3.63) is 24.0 Å². The minimum absolute atomic E-state index is 0.181. The van der Waals surface area contributed by atoms with Gasteiger partial charge in [0.2, 0.25) is 0 Å². The van der Waals surface area contributed by atoms with Gasteiger partial charge in [0, 0.05) is 13.2 Å². The molecule has 106 valence electrons. The van der Waals surface area contributed by atoms with E-state index in [1.807, 2.05) is 12.1 Å². The van der Waals surface area contributed by atoms with Crippen LogP contribution >= 0.6 is 0 Å². The molecule has 1 aromatic rings. The molecule has 0 aliphatic carbocycles. The van der Waals surface area contributed by atoms with Crippen LogP contribution in [0.25, 0.3) is 0 Å². The number of pyridine rings is 1. The lowest BCUT2D eigenvalue weighted by Gasteiger charge is -2.23. The van der Waals surface area contributed by atoms with Crippen molar-refractivity contribution in [1.82, 2.24) is 10.3 Å². The molecule has 1 atom stereocenters. The third-order valence-electron chi connectivity index (χ3n) is 3.08. The quantitative estimate of drug-likeness (QED) is 0.856. The summed E-state index contributed by atoms with van der Waals surface area (Å²) in [4.78, 5) is 4.41. The van der Waals surface area contributed by atoms with Crippen LogP contribution in [0.4, 0.5) is 0 Å². The van der Waals surface area contributed by atoms with E-state index in [1.165, 1.54) is 0 Å². The summed E-state index contributed by atoms with van der Waals surface area (Å²) in [5, 5.41) is 3.38. The number of ether oxygens (including phenoxy) is 2. The molecule has 1 aliphatic heterocycles. The summed E-state index contributed by atoms with van der Waals surface area (Å²) >= 11 is 0.